The molecule has 0 bridgehead atoms. The highest BCUT2D eigenvalue weighted by atomic mass is 16.3. The molecular formula is C19H24N4O2. The zero-order valence-electron chi connectivity index (χ0n) is 14.5. The number of nitrogens with one attached hydrogen (secondary N) is 2. The van der Waals surface area contributed by atoms with Gasteiger partial charge in [0.2, 0.25) is 0 Å². The highest BCUT2D eigenvalue weighted by molar-refractivity contribution is 5.96. The third-order valence-electron chi connectivity index (χ3n) is 3.65. The molecule has 6 nitrogen and oxygen atoms in total. The van der Waals surface area contributed by atoms with Crippen LogP contribution in [0.3, 0.4) is 0 Å². The number of phenols is 1. The summed E-state index contributed by atoms with van der Waals surface area (Å²) in [7, 11) is 0. The van der Waals surface area contributed by atoms with Crippen molar-refractivity contribution in [3.05, 3.63) is 59.7 Å². The number of aromatic hydroxyl groups is 1. The smallest absolute Gasteiger partial charge is 0.255 e. The van der Waals surface area contributed by atoms with Crippen LogP contribution in [-0.2, 0) is 0 Å². The maximum atomic E-state index is 11.9. The van der Waals surface area contributed by atoms with Crippen LogP contribution in [-0.4, -0.2) is 30.1 Å². The number of aliphatic imine (C=N–C) groups is 1. The Hall–Kier alpha value is -3.02. The Morgan fingerprint density at radius 3 is 2.68 bits per heavy atom. The van der Waals surface area contributed by atoms with E-state index < -0.39 is 0 Å². The van der Waals surface area contributed by atoms with E-state index in [2.05, 4.69) is 35.5 Å². The van der Waals surface area contributed by atoms with E-state index in [1.807, 2.05) is 18.2 Å². The summed E-state index contributed by atoms with van der Waals surface area (Å²) in [6.45, 7) is 4.91. The molecule has 0 unspecified atom stereocenters. The molecule has 0 fully saturated rings. The molecule has 132 valence electrons. The maximum Gasteiger partial charge on any atom is 0.255 e. The fraction of sp³-hybridized carbons (Fsp3) is 0.263. The summed E-state index contributed by atoms with van der Waals surface area (Å²) >= 11 is 0. The van der Waals surface area contributed by atoms with Gasteiger partial charge in [0.05, 0.1) is 12.1 Å². The van der Waals surface area contributed by atoms with Crippen molar-refractivity contribution in [2.24, 2.45) is 10.7 Å². The molecule has 2 aromatic rings. The van der Waals surface area contributed by atoms with E-state index in [0.717, 1.165) is 5.69 Å². The number of nitrogens with zero attached hydrogens (tertiary/aromatic N) is 1. The summed E-state index contributed by atoms with van der Waals surface area (Å²) in [5.74, 6) is 0.335. The molecule has 1 amide bonds. The number of anilines is 1. The van der Waals surface area contributed by atoms with E-state index in [1.165, 1.54) is 11.6 Å². The second kappa shape index (κ2) is 8.73. The van der Waals surface area contributed by atoms with Gasteiger partial charge in [-0.2, -0.15) is 0 Å². The summed E-state index contributed by atoms with van der Waals surface area (Å²) < 4.78 is 0. The molecule has 0 saturated heterocycles. The first-order valence-electron chi connectivity index (χ1n) is 8.20. The van der Waals surface area contributed by atoms with Gasteiger partial charge in [-0.3, -0.25) is 9.79 Å². The van der Waals surface area contributed by atoms with Gasteiger partial charge in [0.1, 0.15) is 5.75 Å². The molecule has 25 heavy (non-hydrogen) atoms. The van der Waals surface area contributed by atoms with Crippen LogP contribution in [0.1, 0.15) is 35.7 Å². The predicted octanol–water partition coefficient (Wildman–Crippen LogP) is 2.67. The van der Waals surface area contributed by atoms with E-state index in [1.54, 1.807) is 18.2 Å². The maximum absolute atomic E-state index is 11.9. The number of rotatable bonds is 6. The number of phenolic OH excluding ortho intramolecular Hbond substituents is 1. The number of amides is 1. The lowest BCUT2D eigenvalue weighted by molar-refractivity contribution is 0.0952. The first-order chi connectivity index (χ1) is 12.0. The molecular weight excluding hydrogens is 316 g/mol. The topological polar surface area (TPSA) is 99.7 Å². The number of carbonyl (C=O) groups is 1. The Kier molecular flexibility index (Phi) is 6.39. The van der Waals surface area contributed by atoms with E-state index in [4.69, 9.17) is 5.73 Å². The van der Waals surface area contributed by atoms with Gasteiger partial charge in [0, 0.05) is 12.2 Å². The number of hydrogen-bond donors (Lipinski definition) is 4. The van der Waals surface area contributed by atoms with Crippen LogP contribution in [0.2, 0.25) is 0 Å². The van der Waals surface area contributed by atoms with Crippen molar-refractivity contribution in [3.8, 4) is 5.75 Å². The number of guanidine groups is 1. The number of carbonyl (C=O) groups excluding carboxylic acids is 1. The van der Waals surface area contributed by atoms with Gasteiger partial charge in [-0.1, -0.05) is 38.1 Å². The van der Waals surface area contributed by atoms with Crippen molar-refractivity contribution in [3.63, 3.8) is 0 Å². The van der Waals surface area contributed by atoms with Crippen LogP contribution in [0.5, 0.6) is 5.75 Å². The third-order valence-corrected chi connectivity index (χ3v) is 3.65. The molecule has 2 aromatic carbocycles. The van der Waals surface area contributed by atoms with Crippen LogP contribution >= 0.6 is 0 Å². The highest BCUT2D eigenvalue weighted by Crippen LogP contribution is 2.18. The van der Waals surface area contributed by atoms with Gasteiger partial charge >= 0.3 is 0 Å². The minimum absolute atomic E-state index is 0.0466. The van der Waals surface area contributed by atoms with Crippen molar-refractivity contribution in [1.82, 2.24) is 5.32 Å². The van der Waals surface area contributed by atoms with Gasteiger partial charge < -0.3 is 21.5 Å². The van der Waals surface area contributed by atoms with Gasteiger partial charge in [-0.05, 0) is 35.7 Å². The quantitative estimate of drug-likeness (QED) is 0.369. The molecule has 0 radical (unpaired) electrons. The van der Waals surface area contributed by atoms with Crippen molar-refractivity contribution in [1.29, 1.82) is 0 Å². The number of benzene rings is 2. The van der Waals surface area contributed by atoms with Crippen LogP contribution in [0.4, 0.5) is 5.69 Å². The highest BCUT2D eigenvalue weighted by Gasteiger charge is 2.08. The van der Waals surface area contributed by atoms with Crippen LogP contribution in [0.25, 0.3) is 0 Å². The molecule has 0 aromatic heterocycles. The predicted molar refractivity (Wildman–Crippen MR) is 101 cm³/mol. The molecule has 0 atom stereocenters. The van der Waals surface area contributed by atoms with E-state index in [9.17, 15) is 9.90 Å². The van der Waals surface area contributed by atoms with Gasteiger partial charge in [0.15, 0.2) is 5.96 Å². The number of nitrogens with two attached hydrogens (primary N) is 1. The van der Waals surface area contributed by atoms with Gasteiger partial charge in [-0.15, -0.1) is 0 Å². The lowest BCUT2D eigenvalue weighted by Crippen LogP contribution is -2.28. The van der Waals surface area contributed by atoms with Crippen molar-refractivity contribution >= 4 is 17.6 Å². The Labute approximate surface area is 147 Å². The van der Waals surface area contributed by atoms with Gasteiger partial charge in [-0.25, -0.2) is 0 Å². The zero-order valence-corrected chi connectivity index (χ0v) is 14.5. The minimum Gasteiger partial charge on any atom is -0.507 e. The average Bonchev–Trinajstić information content (AvgIpc) is 2.59. The molecule has 5 N–H and O–H groups in total. The lowest BCUT2D eigenvalue weighted by atomic mass is 10.0. The van der Waals surface area contributed by atoms with Crippen molar-refractivity contribution in [2.75, 3.05) is 18.4 Å². The summed E-state index contributed by atoms with van der Waals surface area (Å²) in [6, 6.07) is 14.4. The molecule has 0 saturated carbocycles. The monoisotopic (exact) mass is 340 g/mol. The second-order valence-corrected chi connectivity index (χ2v) is 5.95. The molecule has 2 rings (SSSR count). The van der Waals surface area contributed by atoms with Crippen molar-refractivity contribution in [2.45, 2.75) is 19.8 Å². The molecule has 6 heteroatoms. The summed E-state index contributed by atoms with van der Waals surface area (Å²) in [6.07, 6.45) is 0. The fourth-order valence-electron chi connectivity index (χ4n) is 2.27. The third kappa shape index (κ3) is 5.53. The lowest BCUT2D eigenvalue weighted by Gasteiger charge is -2.10. The Bertz CT molecular complexity index is 757. The second-order valence-electron chi connectivity index (χ2n) is 5.95. The molecule has 0 aliphatic carbocycles. The first-order valence-corrected chi connectivity index (χ1v) is 8.20. The summed E-state index contributed by atoms with van der Waals surface area (Å²) in [5.41, 5.74) is 8.20. The van der Waals surface area contributed by atoms with E-state index in [-0.39, 0.29) is 23.2 Å². The number of para-hydroxylation sites is 1. The summed E-state index contributed by atoms with van der Waals surface area (Å²) in [4.78, 5) is 16.1. The zero-order chi connectivity index (χ0) is 18.2. The van der Waals surface area contributed by atoms with E-state index >= 15 is 0 Å². The van der Waals surface area contributed by atoms with Gasteiger partial charge in [0.25, 0.3) is 5.91 Å². The molecule has 0 spiro atoms. The normalized spacial score (nSPS) is 11.4. The largest absolute Gasteiger partial charge is 0.507 e. The van der Waals surface area contributed by atoms with Crippen molar-refractivity contribution < 1.29 is 9.90 Å². The Morgan fingerprint density at radius 1 is 1.20 bits per heavy atom. The fourth-order valence-corrected chi connectivity index (χ4v) is 2.27. The average molecular weight is 340 g/mol. The summed E-state index contributed by atoms with van der Waals surface area (Å²) in [5, 5.41) is 15.4. The molecule has 0 heterocycles. The molecule has 0 aliphatic rings. The Morgan fingerprint density at radius 2 is 1.96 bits per heavy atom. The van der Waals surface area contributed by atoms with Crippen LogP contribution in [0, 0.1) is 0 Å². The van der Waals surface area contributed by atoms with Crippen LogP contribution in [0.15, 0.2) is 53.5 Å². The first kappa shape index (κ1) is 18.3. The Balaban J connectivity index is 1.83. The minimum atomic E-state index is -0.343. The SMILES string of the molecule is CC(C)c1cccc(NC(N)=NCCNC(=O)c2ccccc2O)c1. The van der Waals surface area contributed by atoms with E-state index in [0.29, 0.717) is 19.0 Å². The number of hydrogen-bond acceptors (Lipinski definition) is 3. The van der Waals surface area contributed by atoms with Crippen LogP contribution < -0.4 is 16.4 Å². The standard InChI is InChI=1S/C19H24N4O2/c1-13(2)14-6-5-7-15(12-14)23-19(20)22-11-10-21-18(25)16-8-3-4-9-17(16)24/h3-9,12-13,24H,10-11H2,1-2H3,(H,21,25)(H3,20,22,23). The molecule has 0 aliphatic heterocycles.